The molecule has 1 unspecified atom stereocenters. The minimum Gasteiger partial charge on any atom is -0.342 e. The van der Waals surface area contributed by atoms with E-state index >= 15 is 0 Å². The fourth-order valence-corrected chi connectivity index (χ4v) is 4.04. The summed E-state index contributed by atoms with van der Waals surface area (Å²) in [5, 5.41) is 4.05. The number of amides is 1. The topological polar surface area (TPSA) is 33.2 Å². The fraction of sp³-hybridized carbons (Fsp3) is 0.412. The number of likely N-dealkylation sites (tertiary alicyclic amines) is 1. The van der Waals surface area contributed by atoms with Crippen molar-refractivity contribution in [2.45, 2.75) is 32.1 Å². The summed E-state index contributed by atoms with van der Waals surface area (Å²) in [6.45, 7) is 3.32. The molecule has 0 saturated carbocycles. The summed E-state index contributed by atoms with van der Waals surface area (Å²) in [6.07, 6.45) is 2.94. The summed E-state index contributed by atoms with van der Waals surface area (Å²) < 4.78 is 0. The molecule has 22 heavy (non-hydrogen) atoms. The number of aromatic nitrogens is 1. The number of hydrogen-bond donors (Lipinski definition) is 0. The highest BCUT2D eigenvalue weighted by Gasteiger charge is 2.25. The quantitative estimate of drug-likeness (QED) is 0.846. The van der Waals surface area contributed by atoms with Gasteiger partial charge in [-0.1, -0.05) is 29.8 Å². The average molecular weight is 335 g/mol. The van der Waals surface area contributed by atoms with Crippen LogP contribution in [0.5, 0.6) is 0 Å². The summed E-state index contributed by atoms with van der Waals surface area (Å²) in [5.41, 5.74) is 2.17. The maximum atomic E-state index is 11.6. The van der Waals surface area contributed by atoms with Gasteiger partial charge in [0.25, 0.3) is 0 Å². The molecule has 0 N–H and O–H groups in total. The summed E-state index contributed by atoms with van der Waals surface area (Å²) >= 11 is 7.92. The first-order valence-electron chi connectivity index (χ1n) is 7.56. The Bertz CT molecular complexity index is 670. The van der Waals surface area contributed by atoms with Gasteiger partial charge in [-0.25, -0.2) is 4.98 Å². The normalized spacial score (nSPS) is 18.5. The molecule has 1 fully saturated rings. The first-order chi connectivity index (χ1) is 10.6. The van der Waals surface area contributed by atoms with Crippen molar-refractivity contribution < 1.29 is 4.79 Å². The lowest BCUT2D eigenvalue weighted by Gasteiger charge is -2.30. The van der Waals surface area contributed by atoms with Gasteiger partial charge in [0, 0.05) is 42.8 Å². The first-order valence-corrected chi connectivity index (χ1v) is 8.82. The Hall–Kier alpha value is -1.39. The number of thiazole rings is 1. The molecule has 0 bridgehead atoms. The molecular weight excluding hydrogens is 316 g/mol. The van der Waals surface area contributed by atoms with Crippen LogP contribution in [-0.2, 0) is 11.2 Å². The molecule has 3 nitrogen and oxygen atoms in total. The van der Waals surface area contributed by atoms with E-state index in [4.69, 9.17) is 16.6 Å². The van der Waals surface area contributed by atoms with E-state index in [1.165, 1.54) is 0 Å². The molecule has 0 aliphatic carbocycles. The van der Waals surface area contributed by atoms with Gasteiger partial charge in [0.2, 0.25) is 5.91 Å². The molecule has 1 aromatic carbocycles. The summed E-state index contributed by atoms with van der Waals surface area (Å²) in [7, 11) is 0. The lowest BCUT2D eigenvalue weighted by atomic mass is 9.98. The van der Waals surface area contributed by atoms with Gasteiger partial charge in [-0.05, 0) is 24.5 Å². The van der Waals surface area contributed by atoms with Gasteiger partial charge in [-0.3, -0.25) is 4.79 Å². The molecule has 3 rings (SSSR count). The Labute approximate surface area is 139 Å². The Balaban J connectivity index is 1.71. The molecule has 116 valence electrons. The minimum atomic E-state index is 0.164. The Morgan fingerprint density at radius 2 is 2.27 bits per heavy atom. The third-order valence-corrected chi connectivity index (χ3v) is 5.54. The predicted molar refractivity (Wildman–Crippen MR) is 90.6 cm³/mol. The number of nitrogens with zero attached hydrogens (tertiary/aromatic N) is 2. The lowest BCUT2D eigenvalue weighted by Crippen LogP contribution is -2.37. The number of halogens is 1. The van der Waals surface area contributed by atoms with E-state index in [2.05, 4.69) is 5.38 Å². The van der Waals surface area contributed by atoms with Crippen LogP contribution in [0.15, 0.2) is 29.6 Å². The molecule has 0 radical (unpaired) electrons. The van der Waals surface area contributed by atoms with Gasteiger partial charge in [-0.2, -0.15) is 0 Å². The highest BCUT2D eigenvalue weighted by Crippen LogP contribution is 2.30. The van der Waals surface area contributed by atoms with Crippen molar-refractivity contribution in [3.8, 4) is 0 Å². The van der Waals surface area contributed by atoms with Crippen molar-refractivity contribution >= 4 is 28.8 Å². The van der Waals surface area contributed by atoms with E-state index in [0.29, 0.717) is 5.92 Å². The van der Waals surface area contributed by atoms with Crippen molar-refractivity contribution in [3.63, 3.8) is 0 Å². The molecular formula is C17H19ClN2OS. The minimum absolute atomic E-state index is 0.164. The third-order valence-electron chi connectivity index (χ3n) is 4.11. The maximum Gasteiger partial charge on any atom is 0.219 e. The van der Waals surface area contributed by atoms with Gasteiger partial charge < -0.3 is 4.90 Å². The van der Waals surface area contributed by atoms with Gasteiger partial charge in [0.1, 0.15) is 0 Å². The van der Waals surface area contributed by atoms with Crippen LogP contribution in [-0.4, -0.2) is 28.9 Å². The number of hydrogen-bond acceptors (Lipinski definition) is 3. The van der Waals surface area contributed by atoms with Gasteiger partial charge in [-0.15, -0.1) is 11.3 Å². The molecule has 1 saturated heterocycles. The predicted octanol–water partition coefficient (Wildman–Crippen LogP) is 4.11. The van der Waals surface area contributed by atoms with E-state index in [1.807, 2.05) is 29.2 Å². The number of carbonyl (C=O) groups excluding carboxylic acids is 1. The van der Waals surface area contributed by atoms with Crippen LogP contribution in [0.2, 0.25) is 5.02 Å². The van der Waals surface area contributed by atoms with Crippen molar-refractivity contribution in [3.05, 3.63) is 50.9 Å². The highest BCUT2D eigenvalue weighted by molar-refractivity contribution is 7.09. The first kappa shape index (κ1) is 15.5. The average Bonchev–Trinajstić information content (AvgIpc) is 2.98. The van der Waals surface area contributed by atoms with E-state index in [-0.39, 0.29) is 5.91 Å². The van der Waals surface area contributed by atoms with Crippen LogP contribution in [0.4, 0.5) is 0 Å². The summed E-state index contributed by atoms with van der Waals surface area (Å²) in [6, 6.07) is 7.90. The Morgan fingerprint density at radius 1 is 1.45 bits per heavy atom. The molecule has 1 amide bonds. The van der Waals surface area contributed by atoms with Crippen LogP contribution in [0.25, 0.3) is 0 Å². The van der Waals surface area contributed by atoms with E-state index in [1.54, 1.807) is 18.3 Å². The molecule has 5 heteroatoms. The molecule has 1 aromatic heterocycles. The second-order valence-corrected chi connectivity index (χ2v) is 7.05. The SMILES string of the molecule is CC(=O)N1CCCC(c2nc(Cc3ccccc3Cl)cs2)C1. The second-order valence-electron chi connectivity index (χ2n) is 5.75. The van der Waals surface area contributed by atoms with E-state index in [0.717, 1.165) is 53.6 Å². The van der Waals surface area contributed by atoms with E-state index in [9.17, 15) is 4.79 Å². The highest BCUT2D eigenvalue weighted by atomic mass is 35.5. The number of piperidine rings is 1. The number of benzene rings is 1. The standard InChI is InChI=1S/C17H19ClN2OS/c1-12(21)20-8-4-6-14(10-20)17-19-15(11-22-17)9-13-5-2-3-7-16(13)18/h2-3,5,7,11,14H,4,6,8-10H2,1H3. The van der Waals surface area contributed by atoms with Crippen molar-refractivity contribution in [1.82, 2.24) is 9.88 Å². The van der Waals surface area contributed by atoms with Gasteiger partial charge in [0.05, 0.1) is 10.7 Å². The van der Waals surface area contributed by atoms with Crippen molar-refractivity contribution in [2.24, 2.45) is 0 Å². The molecule has 1 aliphatic heterocycles. The maximum absolute atomic E-state index is 11.6. The van der Waals surface area contributed by atoms with Gasteiger partial charge in [0.15, 0.2) is 0 Å². The third kappa shape index (κ3) is 3.50. The summed E-state index contributed by atoms with van der Waals surface area (Å²) in [4.78, 5) is 18.3. The molecule has 0 spiro atoms. The Morgan fingerprint density at radius 3 is 3.05 bits per heavy atom. The number of carbonyl (C=O) groups is 1. The van der Waals surface area contributed by atoms with Crippen molar-refractivity contribution in [2.75, 3.05) is 13.1 Å². The fourth-order valence-electron chi connectivity index (χ4n) is 2.89. The van der Waals surface area contributed by atoms with Crippen LogP contribution < -0.4 is 0 Å². The zero-order valence-electron chi connectivity index (χ0n) is 12.6. The monoisotopic (exact) mass is 334 g/mol. The summed E-state index contributed by atoms with van der Waals surface area (Å²) in [5.74, 6) is 0.542. The zero-order chi connectivity index (χ0) is 15.5. The zero-order valence-corrected chi connectivity index (χ0v) is 14.2. The smallest absolute Gasteiger partial charge is 0.219 e. The van der Waals surface area contributed by atoms with Crippen molar-refractivity contribution in [1.29, 1.82) is 0 Å². The molecule has 1 atom stereocenters. The van der Waals surface area contributed by atoms with Crippen LogP contribution in [0.3, 0.4) is 0 Å². The molecule has 1 aliphatic rings. The largest absolute Gasteiger partial charge is 0.342 e. The molecule has 2 heterocycles. The van der Waals surface area contributed by atoms with Crippen LogP contribution in [0.1, 0.15) is 41.9 Å². The van der Waals surface area contributed by atoms with Crippen LogP contribution >= 0.6 is 22.9 Å². The molecule has 2 aromatic rings. The van der Waals surface area contributed by atoms with E-state index < -0.39 is 0 Å². The van der Waals surface area contributed by atoms with Crippen LogP contribution in [0, 0.1) is 0 Å². The lowest BCUT2D eigenvalue weighted by molar-refractivity contribution is -0.130. The number of rotatable bonds is 3. The Kier molecular flexibility index (Phi) is 4.79. The second kappa shape index (κ2) is 6.80. The van der Waals surface area contributed by atoms with Gasteiger partial charge >= 0.3 is 0 Å².